The second-order valence-corrected chi connectivity index (χ2v) is 3.67. The summed E-state index contributed by atoms with van der Waals surface area (Å²) >= 11 is 0. The Labute approximate surface area is 88.7 Å². The van der Waals surface area contributed by atoms with Crippen molar-refractivity contribution in [3.05, 3.63) is 29.8 Å². The summed E-state index contributed by atoms with van der Waals surface area (Å²) < 4.78 is 0. The summed E-state index contributed by atoms with van der Waals surface area (Å²) in [6.07, 6.45) is 3.09. The summed E-state index contributed by atoms with van der Waals surface area (Å²) in [6.45, 7) is 1.56. The van der Waals surface area contributed by atoms with Gasteiger partial charge < -0.3 is 4.90 Å². The molecule has 3 heteroatoms. The predicted octanol–water partition coefficient (Wildman–Crippen LogP) is 1.31. The van der Waals surface area contributed by atoms with Crippen LogP contribution in [0.15, 0.2) is 24.3 Å². The number of Topliss-reactive ketones (excluding diaryl/α,β-unsaturated/α-hetero) is 1. The van der Waals surface area contributed by atoms with Gasteiger partial charge in [0.05, 0.1) is 0 Å². The Morgan fingerprint density at radius 3 is 2.20 bits per heavy atom. The van der Waals surface area contributed by atoms with Gasteiger partial charge >= 0.3 is 0 Å². The van der Waals surface area contributed by atoms with Crippen molar-refractivity contribution >= 4 is 17.8 Å². The van der Waals surface area contributed by atoms with Crippen LogP contribution in [0, 0.1) is 0 Å². The van der Waals surface area contributed by atoms with Crippen molar-refractivity contribution in [2.45, 2.75) is 12.8 Å². The van der Waals surface area contributed by atoms with Crippen molar-refractivity contribution in [1.29, 1.82) is 0 Å². The molecule has 0 spiro atoms. The van der Waals surface area contributed by atoms with Crippen LogP contribution in [0.2, 0.25) is 0 Å². The highest BCUT2D eigenvalue weighted by molar-refractivity contribution is 5.81. The van der Waals surface area contributed by atoms with Gasteiger partial charge in [0.1, 0.15) is 5.78 Å². The molecule has 15 heavy (non-hydrogen) atoms. The minimum atomic E-state index is 0.337. The summed E-state index contributed by atoms with van der Waals surface area (Å²) in [5.41, 5.74) is 1.63. The van der Waals surface area contributed by atoms with E-state index < -0.39 is 0 Å². The van der Waals surface area contributed by atoms with E-state index in [1.807, 2.05) is 18.4 Å². The van der Waals surface area contributed by atoms with Gasteiger partial charge in [0.2, 0.25) is 6.29 Å². The van der Waals surface area contributed by atoms with Crippen molar-refractivity contribution in [2.24, 2.45) is 0 Å². The van der Waals surface area contributed by atoms with Gasteiger partial charge in [0, 0.05) is 37.2 Å². The van der Waals surface area contributed by atoms with Gasteiger partial charge in [0.25, 0.3) is 0 Å². The number of hydrogen-bond donors (Lipinski definition) is 0. The number of anilines is 1. The lowest BCUT2D eigenvalue weighted by molar-refractivity contribution is -0.119. The van der Waals surface area contributed by atoms with Gasteiger partial charge in [-0.15, -0.1) is 0 Å². The van der Waals surface area contributed by atoms with Crippen LogP contribution in [-0.4, -0.2) is 25.2 Å². The van der Waals surface area contributed by atoms with Crippen LogP contribution in [0.25, 0.3) is 0 Å². The second-order valence-electron chi connectivity index (χ2n) is 3.67. The Kier molecular flexibility index (Phi) is 2.81. The predicted molar refractivity (Wildman–Crippen MR) is 57.7 cm³/mol. The lowest BCUT2D eigenvalue weighted by Crippen LogP contribution is -2.33. The molecule has 1 aliphatic rings. The SMILES string of the molecule is O=[C]c1ccc(N2CCC(=O)CC2)cc1. The molecule has 1 fully saturated rings. The van der Waals surface area contributed by atoms with E-state index in [-0.39, 0.29) is 0 Å². The Morgan fingerprint density at radius 1 is 1.07 bits per heavy atom. The summed E-state index contributed by atoms with van der Waals surface area (Å²) in [4.78, 5) is 23.6. The number of benzene rings is 1. The van der Waals surface area contributed by atoms with Crippen LogP contribution >= 0.6 is 0 Å². The second kappa shape index (κ2) is 4.26. The van der Waals surface area contributed by atoms with E-state index in [1.165, 1.54) is 0 Å². The molecule has 0 amide bonds. The lowest BCUT2D eigenvalue weighted by Gasteiger charge is -2.28. The molecule has 1 aromatic rings. The van der Waals surface area contributed by atoms with Crippen LogP contribution < -0.4 is 4.90 Å². The molecule has 1 heterocycles. The van der Waals surface area contributed by atoms with Crippen molar-refractivity contribution < 1.29 is 9.59 Å². The largest absolute Gasteiger partial charge is 0.371 e. The normalized spacial score (nSPS) is 16.5. The van der Waals surface area contributed by atoms with Gasteiger partial charge in [0.15, 0.2) is 0 Å². The first-order valence-corrected chi connectivity index (χ1v) is 5.04. The van der Waals surface area contributed by atoms with Crippen molar-refractivity contribution in [3.8, 4) is 0 Å². The van der Waals surface area contributed by atoms with Crippen molar-refractivity contribution in [2.75, 3.05) is 18.0 Å². The number of piperidine rings is 1. The zero-order valence-corrected chi connectivity index (χ0v) is 8.40. The molecule has 0 unspecified atom stereocenters. The average molecular weight is 202 g/mol. The number of rotatable bonds is 2. The van der Waals surface area contributed by atoms with Crippen LogP contribution in [0.5, 0.6) is 0 Å². The Morgan fingerprint density at radius 2 is 1.67 bits per heavy atom. The number of carbonyl (C=O) groups excluding carboxylic acids is 2. The van der Waals surface area contributed by atoms with Gasteiger partial charge in [-0.3, -0.25) is 9.59 Å². The zero-order chi connectivity index (χ0) is 10.7. The van der Waals surface area contributed by atoms with Crippen LogP contribution in [0.3, 0.4) is 0 Å². The van der Waals surface area contributed by atoms with E-state index in [0.717, 1.165) is 18.8 Å². The molecule has 0 N–H and O–H groups in total. The van der Waals surface area contributed by atoms with Crippen molar-refractivity contribution in [3.63, 3.8) is 0 Å². The Hall–Kier alpha value is -1.64. The maximum absolute atomic E-state index is 11.1. The monoisotopic (exact) mass is 202 g/mol. The molecule has 1 aliphatic heterocycles. The number of carbonyl (C=O) groups is 1. The smallest absolute Gasteiger partial charge is 0.233 e. The van der Waals surface area contributed by atoms with Gasteiger partial charge in [-0.05, 0) is 24.3 Å². The van der Waals surface area contributed by atoms with Gasteiger partial charge in [-0.25, -0.2) is 0 Å². The van der Waals surface area contributed by atoms with E-state index >= 15 is 0 Å². The molecular formula is C12H12NO2. The third kappa shape index (κ3) is 2.24. The third-order valence-corrected chi connectivity index (χ3v) is 2.67. The van der Waals surface area contributed by atoms with E-state index in [9.17, 15) is 9.59 Å². The molecule has 0 aliphatic carbocycles. The standard InChI is InChI=1S/C12H12NO2/c14-9-10-1-3-11(4-2-10)13-7-5-12(15)6-8-13/h1-4H,5-8H2. The molecule has 77 valence electrons. The van der Waals surface area contributed by atoms with E-state index in [2.05, 4.69) is 4.90 Å². The molecule has 0 bridgehead atoms. The quantitative estimate of drug-likeness (QED) is 0.725. The van der Waals surface area contributed by atoms with E-state index in [0.29, 0.717) is 24.2 Å². The van der Waals surface area contributed by atoms with Gasteiger partial charge in [-0.2, -0.15) is 0 Å². The minimum Gasteiger partial charge on any atom is -0.371 e. The molecular weight excluding hydrogens is 190 g/mol. The summed E-state index contributed by atoms with van der Waals surface area (Å²) in [6, 6.07) is 7.30. The van der Waals surface area contributed by atoms with Crippen LogP contribution in [0.4, 0.5) is 5.69 Å². The summed E-state index contributed by atoms with van der Waals surface area (Å²) in [5.74, 6) is 0.337. The first-order valence-electron chi connectivity index (χ1n) is 5.04. The number of ketones is 1. The first-order chi connectivity index (χ1) is 7.29. The molecule has 1 saturated heterocycles. The van der Waals surface area contributed by atoms with E-state index in [4.69, 9.17) is 0 Å². The lowest BCUT2D eigenvalue weighted by atomic mass is 10.1. The molecule has 0 aromatic heterocycles. The fourth-order valence-corrected chi connectivity index (χ4v) is 1.75. The van der Waals surface area contributed by atoms with Crippen molar-refractivity contribution in [1.82, 2.24) is 0 Å². The highest BCUT2D eigenvalue weighted by Gasteiger charge is 2.15. The number of hydrogen-bond acceptors (Lipinski definition) is 3. The molecule has 3 nitrogen and oxygen atoms in total. The molecule has 0 atom stereocenters. The maximum Gasteiger partial charge on any atom is 0.233 e. The Bertz CT molecular complexity index is 360. The zero-order valence-electron chi connectivity index (χ0n) is 8.40. The molecule has 1 aromatic carbocycles. The first kappa shape index (κ1) is 9.90. The average Bonchev–Trinajstić information content (AvgIpc) is 2.30. The minimum absolute atomic E-state index is 0.337. The van der Waals surface area contributed by atoms with Gasteiger partial charge in [-0.1, -0.05) is 0 Å². The topological polar surface area (TPSA) is 37.4 Å². The van der Waals surface area contributed by atoms with Crippen LogP contribution in [-0.2, 0) is 9.59 Å². The highest BCUT2D eigenvalue weighted by atomic mass is 16.1. The molecule has 1 radical (unpaired) electrons. The Balaban J connectivity index is 2.09. The summed E-state index contributed by atoms with van der Waals surface area (Å²) in [7, 11) is 0. The third-order valence-electron chi connectivity index (χ3n) is 2.67. The molecule has 2 rings (SSSR count). The molecule has 0 saturated carbocycles. The fraction of sp³-hybridized carbons (Fsp3) is 0.333. The fourth-order valence-electron chi connectivity index (χ4n) is 1.75. The summed E-state index contributed by atoms with van der Waals surface area (Å²) in [5, 5.41) is 0. The highest BCUT2D eigenvalue weighted by Crippen LogP contribution is 2.18. The van der Waals surface area contributed by atoms with Crippen LogP contribution in [0.1, 0.15) is 18.4 Å². The number of nitrogens with zero attached hydrogens (tertiary/aromatic N) is 1. The maximum atomic E-state index is 11.1. The van der Waals surface area contributed by atoms with E-state index in [1.54, 1.807) is 12.1 Å².